The van der Waals surface area contributed by atoms with Crippen LogP contribution in [-0.4, -0.2) is 47.9 Å². The molecule has 1 aliphatic rings. The highest BCUT2D eigenvalue weighted by Gasteiger charge is 2.38. The Bertz CT molecular complexity index is 745. The molecule has 1 amide bonds. The highest BCUT2D eigenvalue weighted by atomic mass is 19.1. The smallest absolute Gasteiger partial charge is 0.410 e. The third kappa shape index (κ3) is 6.21. The van der Waals surface area contributed by atoms with Crippen molar-refractivity contribution in [2.75, 3.05) is 13.2 Å². The second-order valence-electron chi connectivity index (χ2n) is 7.36. The number of hydrogen-bond acceptors (Lipinski definition) is 5. The molecule has 1 aliphatic heterocycles. The van der Waals surface area contributed by atoms with Crippen molar-refractivity contribution in [1.82, 2.24) is 4.90 Å². The molecule has 0 aromatic heterocycles. The molecule has 2 rings (SSSR count). The quantitative estimate of drug-likeness (QED) is 0.558. The van der Waals surface area contributed by atoms with Crippen molar-refractivity contribution in [1.29, 1.82) is 0 Å². The van der Waals surface area contributed by atoms with Crippen LogP contribution < -0.4 is 4.74 Å². The second-order valence-corrected chi connectivity index (χ2v) is 7.36. The topological polar surface area (TPSA) is 65.1 Å². The van der Waals surface area contributed by atoms with E-state index < -0.39 is 41.4 Å². The van der Waals surface area contributed by atoms with Gasteiger partial charge in [0.15, 0.2) is 11.6 Å². The molecule has 28 heavy (non-hydrogen) atoms. The van der Waals surface area contributed by atoms with E-state index in [0.29, 0.717) is 6.42 Å². The van der Waals surface area contributed by atoms with Gasteiger partial charge in [-0.1, -0.05) is 6.08 Å². The summed E-state index contributed by atoms with van der Waals surface area (Å²) in [6.45, 7) is 7.28. The molecule has 154 valence electrons. The fourth-order valence-corrected chi connectivity index (χ4v) is 2.75. The Morgan fingerprint density at radius 1 is 1.29 bits per heavy atom. The predicted molar refractivity (Wildman–Crippen MR) is 97.9 cm³/mol. The van der Waals surface area contributed by atoms with Crippen LogP contribution in [0.15, 0.2) is 30.4 Å². The molecule has 6 nitrogen and oxygen atoms in total. The molecule has 0 unspecified atom stereocenters. The van der Waals surface area contributed by atoms with Crippen molar-refractivity contribution < 1.29 is 32.6 Å². The van der Waals surface area contributed by atoms with Crippen LogP contribution in [0.5, 0.6) is 5.75 Å². The lowest BCUT2D eigenvalue weighted by Gasteiger charge is -2.27. The van der Waals surface area contributed by atoms with Crippen molar-refractivity contribution in [3.8, 4) is 5.75 Å². The Balaban J connectivity index is 2.15. The number of nitrogens with zero attached hydrogens (tertiary/aromatic N) is 1. The predicted octanol–water partition coefficient (Wildman–Crippen LogP) is 3.84. The molecule has 8 heteroatoms. The minimum Gasteiger partial charge on any atom is -0.485 e. The SMILES string of the molecule is CCOC(=O)/C=C/[C@@H]1C[C@H](Oc2ccc(F)cc2F)CN1C(=O)OC(C)(C)C. The van der Waals surface area contributed by atoms with Gasteiger partial charge in [-0.2, -0.15) is 0 Å². The molecule has 0 saturated carbocycles. The number of likely N-dealkylation sites (tertiary alicyclic amines) is 1. The van der Waals surface area contributed by atoms with E-state index in [1.165, 1.54) is 23.1 Å². The zero-order valence-electron chi connectivity index (χ0n) is 16.4. The third-order valence-electron chi connectivity index (χ3n) is 3.86. The fraction of sp³-hybridized carbons (Fsp3) is 0.500. The van der Waals surface area contributed by atoms with Crippen molar-refractivity contribution in [2.45, 2.75) is 51.9 Å². The standard InChI is InChI=1S/C20H25F2NO5/c1-5-26-18(24)9-7-14-11-15(12-23(14)19(25)28-20(2,3)4)27-17-8-6-13(21)10-16(17)22/h6-10,14-15H,5,11-12H2,1-4H3/b9-7+/t14-,15+/m1/s1. The normalized spacial score (nSPS) is 19.7. The molecule has 1 aromatic rings. The van der Waals surface area contributed by atoms with Crippen LogP contribution in [0.2, 0.25) is 0 Å². The van der Waals surface area contributed by atoms with Gasteiger partial charge in [0.2, 0.25) is 0 Å². The Morgan fingerprint density at radius 3 is 2.61 bits per heavy atom. The molecule has 1 aromatic carbocycles. The van der Waals surface area contributed by atoms with E-state index in [1.807, 2.05) is 0 Å². The van der Waals surface area contributed by atoms with Crippen LogP contribution in [0.3, 0.4) is 0 Å². The van der Waals surface area contributed by atoms with E-state index in [9.17, 15) is 18.4 Å². The van der Waals surface area contributed by atoms with E-state index in [4.69, 9.17) is 14.2 Å². The number of carbonyl (C=O) groups is 2. The average molecular weight is 397 g/mol. The summed E-state index contributed by atoms with van der Waals surface area (Å²) in [5, 5.41) is 0. The van der Waals surface area contributed by atoms with E-state index >= 15 is 0 Å². The van der Waals surface area contributed by atoms with Gasteiger partial charge in [-0.15, -0.1) is 0 Å². The van der Waals surface area contributed by atoms with E-state index in [2.05, 4.69) is 0 Å². The van der Waals surface area contributed by atoms with Crippen LogP contribution >= 0.6 is 0 Å². The first-order valence-corrected chi connectivity index (χ1v) is 9.05. The summed E-state index contributed by atoms with van der Waals surface area (Å²) in [7, 11) is 0. The highest BCUT2D eigenvalue weighted by molar-refractivity contribution is 5.82. The molecule has 1 heterocycles. The maximum atomic E-state index is 13.9. The van der Waals surface area contributed by atoms with Crippen LogP contribution in [0.25, 0.3) is 0 Å². The maximum absolute atomic E-state index is 13.9. The highest BCUT2D eigenvalue weighted by Crippen LogP contribution is 2.27. The zero-order chi connectivity index (χ0) is 20.9. The minimum atomic E-state index is -0.825. The van der Waals surface area contributed by atoms with E-state index in [0.717, 1.165) is 12.1 Å². The molecular weight excluding hydrogens is 372 g/mol. The van der Waals surface area contributed by atoms with Gasteiger partial charge in [0.1, 0.15) is 17.5 Å². The molecule has 1 fully saturated rings. The fourth-order valence-electron chi connectivity index (χ4n) is 2.75. The van der Waals surface area contributed by atoms with Crippen molar-refractivity contribution in [3.63, 3.8) is 0 Å². The number of benzene rings is 1. The Hall–Kier alpha value is -2.64. The van der Waals surface area contributed by atoms with Crippen molar-refractivity contribution >= 4 is 12.1 Å². The summed E-state index contributed by atoms with van der Waals surface area (Å²) in [6.07, 6.45) is 1.96. The lowest BCUT2D eigenvalue weighted by Crippen LogP contribution is -2.39. The molecule has 0 radical (unpaired) electrons. The summed E-state index contributed by atoms with van der Waals surface area (Å²) in [5.74, 6) is -2.16. The van der Waals surface area contributed by atoms with Gasteiger partial charge < -0.3 is 14.2 Å². The third-order valence-corrected chi connectivity index (χ3v) is 3.86. The summed E-state index contributed by atoms with van der Waals surface area (Å²) in [5.41, 5.74) is -0.700. The van der Waals surface area contributed by atoms with Gasteiger partial charge in [-0.05, 0) is 39.8 Å². The first kappa shape index (κ1) is 21.7. The number of ether oxygens (including phenoxy) is 3. The minimum absolute atomic E-state index is 0.106. The summed E-state index contributed by atoms with van der Waals surface area (Å²) in [6, 6.07) is 2.53. The first-order chi connectivity index (χ1) is 13.1. The van der Waals surface area contributed by atoms with E-state index in [-0.39, 0.29) is 18.9 Å². The number of amides is 1. The molecule has 2 atom stereocenters. The lowest BCUT2D eigenvalue weighted by molar-refractivity contribution is -0.137. The van der Waals surface area contributed by atoms with Crippen LogP contribution in [0.4, 0.5) is 13.6 Å². The molecule has 1 saturated heterocycles. The first-order valence-electron chi connectivity index (χ1n) is 9.05. The van der Waals surface area contributed by atoms with Gasteiger partial charge in [0.25, 0.3) is 0 Å². The average Bonchev–Trinajstić information content (AvgIpc) is 2.97. The van der Waals surface area contributed by atoms with Gasteiger partial charge in [0.05, 0.1) is 19.2 Å². The lowest BCUT2D eigenvalue weighted by atomic mass is 10.2. The number of halogens is 2. The molecule has 0 spiro atoms. The number of esters is 1. The Kier molecular flexibility index (Phi) is 6.99. The van der Waals surface area contributed by atoms with Gasteiger partial charge in [-0.3, -0.25) is 4.90 Å². The van der Waals surface area contributed by atoms with Crippen LogP contribution in [0.1, 0.15) is 34.1 Å². The molecule has 0 N–H and O–H groups in total. The van der Waals surface area contributed by atoms with Crippen molar-refractivity contribution in [2.24, 2.45) is 0 Å². The number of rotatable bonds is 5. The van der Waals surface area contributed by atoms with Gasteiger partial charge >= 0.3 is 12.1 Å². The monoisotopic (exact) mass is 397 g/mol. The van der Waals surface area contributed by atoms with Crippen molar-refractivity contribution in [3.05, 3.63) is 42.0 Å². The largest absolute Gasteiger partial charge is 0.485 e. The van der Waals surface area contributed by atoms with Gasteiger partial charge in [0, 0.05) is 18.6 Å². The van der Waals surface area contributed by atoms with E-state index in [1.54, 1.807) is 27.7 Å². The second kappa shape index (κ2) is 9.03. The number of hydrogen-bond donors (Lipinski definition) is 0. The summed E-state index contributed by atoms with van der Waals surface area (Å²) < 4.78 is 42.8. The summed E-state index contributed by atoms with van der Waals surface area (Å²) in [4.78, 5) is 25.5. The molecule has 0 bridgehead atoms. The van der Waals surface area contributed by atoms with Gasteiger partial charge in [-0.25, -0.2) is 18.4 Å². The van der Waals surface area contributed by atoms with Crippen LogP contribution in [-0.2, 0) is 14.3 Å². The Morgan fingerprint density at radius 2 is 2.00 bits per heavy atom. The maximum Gasteiger partial charge on any atom is 0.410 e. The number of carbonyl (C=O) groups excluding carboxylic acids is 2. The zero-order valence-corrected chi connectivity index (χ0v) is 16.4. The Labute approximate surface area is 163 Å². The molecular formula is C20H25F2NO5. The van der Waals surface area contributed by atoms with Crippen LogP contribution in [0, 0.1) is 11.6 Å². The molecule has 0 aliphatic carbocycles. The summed E-state index contributed by atoms with van der Waals surface area (Å²) >= 11 is 0.